The molecule has 1 heterocycles. The molecule has 1 aliphatic heterocycles. The lowest BCUT2D eigenvalue weighted by Crippen LogP contribution is -2.06. The van der Waals surface area contributed by atoms with E-state index in [1.54, 1.807) is 0 Å². The van der Waals surface area contributed by atoms with Gasteiger partial charge in [-0.3, -0.25) is 4.79 Å². The molecule has 0 aromatic rings. The fourth-order valence-corrected chi connectivity index (χ4v) is 1.04. The fraction of sp³-hybridized carbons (Fsp3) is 0.714. The molecule has 56 valence electrons. The van der Waals surface area contributed by atoms with Crippen LogP contribution in [0.15, 0.2) is 0 Å². The van der Waals surface area contributed by atoms with Crippen molar-refractivity contribution in [1.29, 1.82) is 0 Å². The van der Waals surface area contributed by atoms with Gasteiger partial charge in [-0.05, 0) is 12.8 Å². The van der Waals surface area contributed by atoms with Crippen LogP contribution in [0.5, 0.6) is 0 Å². The molecule has 0 aliphatic carbocycles. The Kier molecular flexibility index (Phi) is 2.42. The van der Waals surface area contributed by atoms with Crippen LogP contribution in [0.2, 0.25) is 0 Å². The van der Waals surface area contributed by atoms with Gasteiger partial charge in [0.05, 0.1) is 0 Å². The molecule has 0 amide bonds. The van der Waals surface area contributed by atoms with Crippen molar-refractivity contribution in [3.63, 3.8) is 0 Å². The molecule has 3 nitrogen and oxygen atoms in total. The summed E-state index contributed by atoms with van der Waals surface area (Å²) in [7, 11) is 0. The highest BCUT2D eigenvalue weighted by atomic mass is 16.5. The Balaban J connectivity index is 2.18. The Morgan fingerprint density at radius 1 is 1.70 bits per heavy atom. The molecule has 1 fully saturated rings. The van der Waals surface area contributed by atoms with E-state index in [2.05, 4.69) is 0 Å². The summed E-state index contributed by atoms with van der Waals surface area (Å²) in [6.45, 7) is 0. The summed E-state index contributed by atoms with van der Waals surface area (Å²) < 4.78 is 4.87. The summed E-state index contributed by atoms with van der Waals surface area (Å²) in [4.78, 5) is 20.4. The van der Waals surface area contributed by atoms with Crippen LogP contribution < -0.4 is 0 Å². The van der Waals surface area contributed by atoms with Crippen LogP contribution in [0.25, 0.3) is 0 Å². The van der Waals surface area contributed by atoms with Crippen LogP contribution in [-0.2, 0) is 14.3 Å². The van der Waals surface area contributed by atoms with Crippen LogP contribution in [-0.4, -0.2) is 18.4 Å². The fourth-order valence-electron chi connectivity index (χ4n) is 1.04. The first-order chi connectivity index (χ1) is 4.83. The van der Waals surface area contributed by atoms with Gasteiger partial charge >= 0.3 is 5.97 Å². The quantitative estimate of drug-likeness (QED) is 0.429. The van der Waals surface area contributed by atoms with Crippen molar-refractivity contribution in [2.75, 3.05) is 0 Å². The molecular weight excluding hydrogens is 132 g/mol. The minimum absolute atomic E-state index is 0.0118. The lowest BCUT2D eigenvalue weighted by molar-refractivity contribution is -0.141. The molecular formula is C7H10O3. The summed E-state index contributed by atoms with van der Waals surface area (Å²) in [6.07, 6.45) is 3.35. The lowest BCUT2D eigenvalue weighted by atomic mass is 10.1. The van der Waals surface area contributed by atoms with Gasteiger partial charge in [0.25, 0.3) is 0 Å². The van der Waals surface area contributed by atoms with E-state index < -0.39 is 0 Å². The molecule has 0 N–H and O–H groups in total. The van der Waals surface area contributed by atoms with E-state index in [9.17, 15) is 9.59 Å². The third kappa shape index (κ3) is 1.83. The van der Waals surface area contributed by atoms with Crippen LogP contribution in [0, 0.1) is 0 Å². The predicted molar refractivity (Wildman–Crippen MR) is 34.4 cm³/mol. The summed E-state index contributed by atoms with van der Waals surface area (Å²) in [5, 5.41) is 0. The van der Waals surface area contributed by atoms with E-state index in [1.165, 1.54) is 0 Å². The molecule has 0 radical (unpaired) electrons. The average Bonchev–Trinajstić information content (AvgIpc) is 2.31. The summed E-state index contributed by atoms with van der Waals surface area (Å²) in [5.41, 5.74) is 0. The number of carbonyl (C=O) groups is 2. The van der Waals surface area contributed by atoms with Crippen LogP contribution in [0.4, 0.5) is 0 Å². The molecule has 1 aliphatic rings. The van der Waals surface area contributed by atoms with E-state index in [0.29, 0.717) is 19.3 Å². The number of ether oxygens (including phenoxy) is 1. The second kappa shape index (κ2) is 3.34. The molecule has 0 aromatic carbocycles. The Morgan fingerprint density at radius 2 is 2.50 bits per heavy atom. The van der Waals surface area contributed by atoms with E-state index in [4.69, 9.17) is 4.74 Å². The second-order valence-corrected chi connectivity index (χ2v) is 2.39. The van der Waals surface area contributed by atoms with Gasteiger partial charge in [0.1, 0.15) is 12.4 Å². The number of esters is 1. The molecule has 0 saturated carbocycles. The van der Waals surface area contributed by atoms with Gasteiger partial charge in [0, 0.05) is 12.8 Å². The van der Waals surface area contributed by atoms with Crippen LogP contribution in [0.1, 0.15) is 25.7 Å². The van der Waals surface area contributed by atoms with Crippen molar-refractivity contribution in [3.8, 4) is 0 Å². The van der Waals surface area contributed by atoms with Crippen molar-refractivity contribution < 1.29 is 14.3 Å². The molecule has 0 aromatic heterocycles. The number of cyclic esters (lactones) is 1. The molecule has 1 rings (SSSR count). The topological polar surface area (TPSA) is 43.4 Å². The maximum atomic E-state index is 10.5. The monoisotopic (exact) mass is 142 g/mol. The minimum Gasteiger partial charge on any atom is -0.462 e. The summed E-state index contributed by atoms with van der Waals surface area (Å²) >= 11 is 0. The Bertz CT molecular complexity index is 142. The summed E-state index contributed by atoms with van der Waals surface area (Å²) in [5.74, 6) is -0.129. The number of rotatable bonds is 3. The number of hydrogen-bond acceptors (Lipinski definition) is 3. The lowest BCUT2D eigenvalue weighted by Gasteiger charge is -2.04. The molecule has 1 saturated heterocycles. The third-order valence-corrected chi connectivity index (χ3v) is 1.58. The minimum atomic E-state index is -0.129. The van der Waals surface area contributed by atoms with Gasteiger partial charge in [-0.1, -0.05) is 0 Å². The predicted octanol–water partition coefficient (Wildman–Crippen LogP) is 0.671. The van der Waals surface area contributed by atoms with E-state index in [1.807, 2.05) is 0 Å². The zero-order valence-corrected chi connectivity index (χ0v) is 5.71. The first-order valence-corrected chi connectivity index (χ1v) is 3.46. The van der Waals surface area contributed by atoms with E-state index in [0.717, 1.165) is 12.7 Å². The zero-order chi connectivity index (χ0) is 7.40. The first-order valence-electron chi connectivity index (χ1n) is 3.46. The van der Waals surface area contributed by atoms with Gasteiger partial charge in [-0.2, -0.15) is 0 Å². The normalized spacial score (nSPS) is 24.4. The number of hydrogen-bond donors (Lipinski definition) is 0. The largest absolute Gasteiger partial charge is 0.462 e. The Hall–Kier alpha value is -0.860. The molecule has 3 heteroatoms. The molecule has 1 atom stereocenters. The smallest absolute Gasteiger partial charge is 0.306 e. The third-order valence-electron chi connectivity index (χ3n) is 1.58. The van der Waals surface area contributed by atoms with Crippen molar-refractivity contribution in [3.05, 3.63) is 0 Å². The van der Waals surface area contributed by atoms with Gasteiger partial charge in [-0.25, -0.2) is 0 Å². The first kappa shape index (κ1) is 7.25. The molecule has 10 heavy (non-hydrogen) atoms. The van der Waals surface area contributed by atoms with Gasteiger partial charge in [0.2, 0.25) is 0 Å². The van der Waals surface area contributed by atoms with Crippen molar-refractivity contribution in [2.45, 2.75) is 31.8 Å². The molecule has 0 bridgehead atoms. The molecule has 0 unspecified atom stereocenters. The van der Waals surface area contributed by atoms with Crippen LogP contribution in [0.3, 0.4) is 0 Å². The molecule has 0 spiro atoms. The zero-order valence-electron chi connectivity index (χ0n) is 5.71. The maximum Gasteiger partial charge on any atom is 0.306 e. The Morgan fingerprint density at radius 3 is 3.00 bits per heavy atom. The second-order valence-electron chi connectivity index (χ2n) is 2.39. The van der Waals surface area contributed by atoms with Crippen molar-refractivity contribution >= 4 is 12.3 Å². The van der Waals surface area contributed by atoms with Crippen LogP contribution >= 0.6 is 0 Å². The standard InChI is InChI=1S/C7H10O3/c8-5-1-2-6-3-4-7(9)10-6/h5-6H,1-4H2/t6-/m1/s1. The van der Waals surface area contributed by atoms with Gasteiger partial charge in [-0.15, -0.1) is 0 Å². The Labute approximate surface area is 59.4 Å². The van der Waals surface area contributed by atoms with Gasteiger partial charge < -0.3 is 9.53 Å². The van der Waals surface area contributed by atoms with E-state index in [-0.39, 0.29) is 12.1 Å². The van der Waals surface area contributed by atoms with Crippen molar-refractivity contribution in [2.24, 2.45) is 0 Å². The highest BCUT2D eigenvalue weighted by molar-refractivity contribution is 5.71. The van der Waals surface area contributed by atoms with Crippen molar-refractivity contribution in [1.82, 2.24) is 0 Å². The van der Waals surface area contributed by atoms with E-state index >= 15 is 0 Å². The summed E-state index contributed by atoms with van der Waals surface area (Å²) in [6, 6.07) is 0. The number of aldehydes is 1. The maximum absolute atomic E-state index is 10.5. The highest BCUT2D eigenvalue weighted by Gasteiger charge is 2.22. The highest BCUT2D eigenvalue weighted by Crippen LogP contribution is 2.17. The average molecular weight is 142 g/mol. The SMILES string of the molecule is O=CCC[C@@H]1CCC(=O)O1. The van der Waals surface area contributed by atoms with Gasteiger partial charge in [0.15, 0.2) is 0 Å². The number of carbonyl (C=O) groups excluding carboxylic acids is 2.